The molecule has 5 heteroatoms. The van der Waals surface area contributed by atoms with Crippen LogP contribution in [0.4, 0.5) is 5.69 Å². The summed E-state index contributed by atoms with van der Waals surface area (Å²) >= 11 is 5.87. The summed E-state index contributed by atoms with van der Waals surface area (Å²) in [5.41, 5.74) is 6.97. The first-order chi connectivity index (χ1) is 6.63. The molecule has 0 spiro atoms. The van der Waals surface area contributed by atoms with Crippen LogP contribution < -0.4 is 11.1 Å². The fraction of sp³-hybridized carbons (Fsp3) is 0.111. The normalized spacial score (nSPS) is 10.8. The Balaban J connectivity index is 3.02. The van der Waals surface area contributed by atoms with Gasteiger partial charge in [0.15, 0.2) is 6.19 Å². The Bertz CT molecular complexity index is 406. The highest BCUT2D eigenvalue weighted by atomic mass is 35.5. The monoisotopic (exact) mass is 208 g/mol. The number of aryl methyl sites for hydroxylation is 1. The first kappa shape index (κ1) is 10.4. The molecule has 0 aliphatic heterocycles. The van der Waals surface area contributed by atoms with Crippen LogP contribution in [-0.4, -0.2) is 5.96 Å². The van der Waals surface area contributed by atoms with E-state index in [9.17, 15) is 0 Å². The number of hydrogen-bond acceptors (Lipinski definition) is 2. The van der Waals surface area contributed by atoms with Crippen molar-refractivity contribution in [2.45, 2.75) is 6.92 Å². The molecule has 0 fully saturated rings. The van der Waals surface area contributed by atoms with Gasteiger partial charge in [-0.1, -0.05) is 17.7 Å². The van der Waals surface area contributed by atoms with Crippen molar-refractivity contribution in [2.24, 2.45) is 10.7 Å². The standard InChI is InChI=1S/C9H9ClN4/c1-6-2-3-7(10)8(4-6)14-9(12)13-5-11/h2-4H,1H3,(H3,12,13,14). The lowest BCUT2D eigenvalue weighted by Crippen LogP contribution is -2.26. The third-order valence-electron chi connectivity index (χ3n) is 1.53. The maximum Gasteiger partial charge on any atom is 0.207 e. The molecule has 3 N–H and O–H groups in total. The molecule has 0 aromatic heterocycles. The SMILES string of the molecule is Cc1ccc(Cl)c(N=C(N)NC#N)c1. The molecule has 0 saturated carbocycles. The van der Waals surface area contributed by atoms with Gasteiger partial charge in [0.2, 0.25) is 5.96 Å². The summed E-state index contributed by atoms with van der Waals surface area (Å²) in [7, 11) is 0. The molecule has 0 bridgehead atoms. The van der Waals surface area contributed by atoms with Gasteiger partial charge < -0.3 is 5.73 Å². The average molecular weight is 209 g/mol. The van der Waals surface area contributed by atoms with Crippen molar-refractivity contribution in [3.8, 4) is 6.19 Å². The van der Waals surface area contributed by atoms with Gasteiger partial charge in [-0.15, -0.1) is 0 Å². The number of guanidine groups is 1. The fourth-order valence-electron chi connectivity index (χ4n) is 0.923. The first-order valence-electron chi connectivity index (χ1n) is 3.89. The molecule has 4 nitrogen and oxygen atoms in total. The Labute approximate surface area is 87.0 Å². The molecule has 0 amide bonds. The molecule has 0 aliphatic carbocycles. The second-order valence-corrected chi connectivity index (χ2v) is 3.10. The number of aliphatic imine (C=N–C) groups is 1. The van der Waals surface area contributed by atoms with Crippen molar-refractivity contribution in [3.05, 3.63) is 28.8 Å². The van der Waals surface area contributed by atoms with Crippen molar-refractivity contribution < 1.29 is 0 Å². The van der Waals surface area contributed by atoms with Gasteiger partial charge in [0.05, 0.1) is 10.7 Å². The third kappa shape index (κ3) is 2.64. The number of nitriles is 1. The Hall–Kier alpha value is -1.73. The number of nitrogens with one attached hydrogen (secondary N) is 1. The summed E-state index contributed by atoms with van der Waals surface area (Å²) in [6, 6.07) is 5.39. The summed E-state index contributed by atoms with van der Waals surface area (Å²) in [6.45, 7) is 1.92. The lowest BCUT2D eigenvalue weighted by Gasteiger charge is -2.01. The third-order valence-corrected chi connectivity index (χ3v) is 1.85. The van der Waals surface area contributed by atoms with Gasteiger partial charge in [-0.2, -0.15) is 5.26 Å². The molecular weight excluding hydrogens is 200 g/mol. The van der Waals surface area contributed by atoms with Crippen molar-refractivity contribution in [2.75, 3.05) is 0 Å². The van der Waals surface area contributed by atoms with Gasteiger partial charge in [-0.25, -0.2) is 4.99 Å². The summed E-state index contributed by atoms with van der Waals surface area (Å²) in [5, 5.41) is 11.0. The van der Waals surface area contributed by atoms with Crippen LogP contribution in [0.5, 0.6) is 0 Å². The number of hydrogen-bond donors (Lipinski definition) is 2. The summed E-state index contributed by atoms with van der Waals surface area (Å²) in [6.07, 6.45) is 1.67. The zero-order valence-electron chi connectivity index (χ0n) is 7.58. The number of nitrogens with zero attached hydrogens (tertiary/aromatic N) is 2. The smallest absolute Gasteiger partial charge is 0.207 e. The molecule has 72 valence electrons. The zero-order chi connectivity index (χ0) is 10.6. The summed E-state index contributed by atoms with van der Waals surface area (Å²) in [5.74, 6) is 0.0278. The van der Waals surface area contributed by atoms with Crippen molar-refractivity contribution in [1.29, 1.82) is 5.26 Å². The number of rotatable bonds is 1. The topological polar surface area (TPSA) is 74.2 Å². The van der Waals surface area contributed by atoms with Gasteiger partial charge in [0, 0.05) is 0 Å². The van der Waals surface area contributed by atoms with Gasteiger partial charge >= 0.3 is 0 Å². The highest BCUT2D eigenvalue weighted by Gasteiger charge is 1.99. The number of benzene rings is 1. The van der Waals surface area contributed by atoms with Crippen LogP contribution in [0.25, 0.3) is 0 Å². The van der Waals surface area contributed by atoms with Crippen molar-refractivity contribution >= 4 is 23.2 Å². The van der Waals surface area contributed by atoms with Crippen LogP contribution in [0.1, 0.15) is 5.56 Å². The van der Waals surface area contributed by atoms with Gasteiger partial charge in [-0.05, 0) is 24.6 Å². The van der Waals surface area contributed by atoms with Gasteiger partial charge in [0.25, 0.3) is 0 Å². The molecule has 1 aromatic carbocycles. The highest BCUT2D eigenvalue weighted by Crippen LogP contribution is 2.25. The first-order valence-corrected chi connectivity index (χ1v) is 4.26. The Kier molecular flexibility index (Phi) is 3.32. The van der Waals surface area contributed by atoms with Crippen LogP contribution in [0, 0.1) is 18.4 Å². The number of nitrogens with two attached hydrogens (primary N) is 1. The maximum atomic E-state index is 8.28. The molecule has 0 aliphatic rings. The lowest BCUT2D eigenvalue weighted by molar-refractivity contribution is 1.21. The van der Waals surface area contributed by atoms with E-state index in [0.29, 0.717) is 10.7 Å². The van der Waals surface area contributed by atoms with E-state index in [2.05, 4.69) is 10.3 Å². The van der Waals surface area contributed by atoms with Crippen LogP contribution in [0.3, 0.4) is 0 Å². The quantitative estimate of drug-likeness (QED) is 0.319. The van der Waals surface area contributed by atoms with E-state index < -0.39 is 0 Å². The van der Waals surface area contributed by atoms with Crippen LogP contribution in [0.2, 0.25) is 5.02 Å². The fourth-order valence-corrected chi connectivity index (χ4v) is 1.08. The van der Waals surface area contributed by atoms with Crippen molar-refractivity contribution in [3.63, 3.8) is 0 Å². The minimum absolute atomic E-state index is 0.0278. The lowest BCUT2D eigenvalue weighted by atomic mass is 10.2. The van der Waals surface area contributed by atoms with Crippen LogP contribution in [0.15, 0.2) is 23.2 Å². The minimum atomic E-state index is 0.0278. The van der Waals surface area contributed by atoms with E-state index in [-0.39, 0.29) is 5.96 Å². The van der Waals surface area contributed by atoms with Crippen molar-refractivity contribution in [1.82, 2.24) is 5.32 Å². The second kappa shape index (κ2) is 4.49. The van der Waals surface area contributed by atoms with E-state index in [0.717, 1.165) is 5.56 Å². The highest BCUT2D eigenvalue weighted by molar-refractivity contribution is 6.33. The van der Waals surface area contributed by atoms with E-state index >= 15 is 0 Å². The van der Waals surface area contributed by atoms with E-state index in [1.165, 1.54) is 0 Å². The second-order valence-electron chi connectivity index (χ2n) is 2.69. The molecule has 14 heavy (non-hydrogen) atoms. The molecule has 0 radical (unpaired) electrons. The maximum absolute atomic E-state index is 8.28. The average Bonchev–Trinajstić information content (AvgIpc) is 2.12. The van der Waals surface area contributed by atoms with Crippen LogP contribution in [-0.2, 0) is 0 Å². The van der Waals surface area contributed by atoms with Gasteiger partial charge in [0.1, 0.15) is 0 Å². The predicted octanol–water partition coefficient (Wildman–Crippen LogP) is 1.67. The largest absolute Gasteiger partial charge is 0.369 e. The predicted molar refractivity (Wildman–Crippen MR) is 56.2 cm³/mol. The Morgan fingerprint density at radius 1 is 1.64 bits per heavy atom. The van der Waals surface area contributed by atoms with E-state index in [1.54, 1.807) is 18.3 Å². The van der Waals surface area contributed by atoms with Gasteiger partial charge in [-0.3, -0.25) is 5.32 Å². The Morgan fingerprint density at radius 2 is 2.36 bits per heavy atom. The molecule has 0 atom stereocenters. The molecule has 0 saturated heterocycles. The zero-order valence-corrected chi connectivity index (χ0v) is 8.34. The van der Waals surface area contributed by atoms with E-state index in [1.807, 2.05) is 13.0 Å². The summed E-state index contributed by atoms with van der Waals surface area (Å²) < 4.78 is 0. The molecule has 0 unspecified atom stereocenters. The molecular formula is C9H9ClN4. The number of halogens is 1. The molecule has 1 rings (SSSR count). The van der Waals surface area contributed by atoms with Crippen LogP contribution >= 0.6 is 11.6 Å². The van der Waals surface area contributed by atoms with E-state index in [4.69, 9.17) is 22.6 Å². The Morgan fingerprint density at radius 3 is 3.00 bits per heavy atom. The molecule has 0 heterocycles. The molecule has 1 aromatic rings. The summed E-state index contributed by atoms with van der Waals surface area (Å²) in [4.78, 5) is 3.94. The minimum Gasteiger partial charge on any atom is -0.369 e.